The van der Waals surface area contributed by atoms with Crippen LogP contribution in [0.1, 0.15) is 32.6 Å². The number of aliphatic hydroxyl groups excluding tert-OH is 1. The smallest absolute Gasteiger partial charge is 0.0464 e. The van der Waals surface area contributed by atoms with Crippen molar-refractivity contribution in [3.05, 3.63) is 0 Å². The molecule has 0 amide bonds. The molecule has 2 saturated carbocycles. The van der Waals surface area contributed by atoms with Gasteiger partial charge in [0.2, 0.25) is 0 Å². The first-order valence-electron chi connectivity index (χ1n) is 4.35. The van der Waals surface area contributed by atoms with E-state index in [-0.39, 0.29) is 0 Å². The fourth-order valence-electron chi connectivity index (χ4n) is 2.95. The average Bonchev–Trinajstić information content (AvgIpc) is 2.41. The number of hydrogen-bond donors (Lipinski definition) is 1. The summed E-state index contributed by atoms with van der Waals surface area (Å²) in [5.41, 5.74) is 0.527. The number of fused-ring (bicyclic) bond motifs is 2. The third-order valence-corrected chi connectivity index (χ3v) is 3.70. The van der Waals surface area contributed by atoms with Gasteiger partial charge in [0.1, 0.15) is 0 Å². The van der Waals surface area contributed by atoms with E-state index >= 15 is 0 Å². The molecule has 0 spiro atoms. The highest BCUT2D eigenvalue weighted by atomic mass is 16.3. The predicted octanol–water partition coefficient (Wildman–Crippen LogP) is 1.80. The zero-order valence-corrected chi connectivity index (χ0v) is 6.64. The molecule has 2 bridgehead atoms. The van der Waals surface area contributed by atoms with Gasteiger partial charge in [-0.2, -0.15) is 0 Å². The molecule has 58 valence electrons. The molecule has 10 heavy (non-hydrogen) atoms. The van der Waals surface area contributed by atoms with Crippen LogP contribution in [0.4, 0.5) is 0 Å². The van der Waals surface area contributed by atoms with E-state index in [1.807, 2.05) is 0 Å². The lowest BCUT2D eigenvalue weighted by Crippen LogP contribution is -2.24. The molecule has 0 saturated heterocycles. The summed E-state index contributed by atoms with van der Waals surface area (Å²) in [6.45, 7) is 2.77. The maximum absolute atomic E-state index is 9.05. The highest BCUT2D eigenvalue weighted by molar-refractivity contribution is 4.98. The normalized spacial score (nSPS) is 52.2. The van der Waals surface area contributed by atoms with Crippen LogP contribution >= 0.6 is 0 Å². The van der Waals surface area contributed by atoms with Crippen molar-refractivity contribution in [3.63, 3.8) is 0 Å². The molecule has 1 unspecified atom stereocenters. The second kappa shape index (κ2) is 1.97. The van der Waals surface area contributed by atoms with Crippen molar-refractivity contribution in [1.82, 2.24) is 0 Å². The highest BCUT2D eigenvalue weighted by Gasteiger charge is 2.47. The van der Waals surface area contributed by atoms with Gasteiger partial charge in [-0.3, -0.25) is 0 Å². The average molecular weight is 140 g/mol. The van der Waals surface area contributed by atoms with Crippen LogP contribution in [0.15, 0.2) is 0 Å². The molecule has 0 aliphatic heterocycles. The first-order valence-corrected chi connectivity index (χ1v) is 4.35. The molecule has 2 aliphatic rings. The van der Waals surface area contributed by atoms with Crippen LogP contribution in [-0.4, -0.2) is 11.7 Å². The maximum atomic E-state index is 9.05. The van der Waals surface area contributed by atoms with Gasteiger partial charge in [-0.05, 0) is 42.9 Å². The second-order valence-corrected chi connectivity index (χ2v) is 4.38. The Balaban J connectivity index is 2.14. The number of hydrogen-bond acceptors (Lipinski definition) is 1. The largest absolute Gasteiger partial charge is 0.396 e. The Morgan fingerprint density at radius 2 is 2.40 bits per heavy atom. The topological polar surface area (TPSA) is 20.2 Å². The minimum atomic E-state index is 0.424. The van der Waals surface area contributed by atoms with Gasteiger partial charge < -0.3 is 5.11 Å². The summed E-state index contributed by atoms with van der Waals surface area (Å²) in [5, 5.41) is 9.05. The van der Waals surface area contributed by atoms with Gasteiger partial charge in [0, 0.05) is 6.61 Å². The van der Waals surface area contributed by atoms with Gasteiger partial charge in [-0.1, -0.05) is 6.92 Å². The van der Waals surface area contributed by atoms with E-state index in [0.717, 1.165) is 5.92 Å². The summed E-state index contributed by atoms with van der Waals surface area (Å²) >= 11 is 0. The first kappa shape index (κ1) is 6.66. The predicted molar refractivity (Wildman–Crippen MR) is 40.6 cm³/mol. The highest BCUT2D eigenvalue weighted by Crippen LogP contribution is 2.56. The molecule has 1 N–H and O–H groups in total. The van der Waals surface area contributed by atoms with Gasteiger partial charge in [-0.15, -0.1) is 0 Å². The molecule has 3 atom stereocenters. The fraction of sp³-hybridized carbons (Fsp3) is 1.00. The summed E-state index contributed by atoms with van der Waals surface area (Å²) in [6.07, 6.45) is 5.47. The molecule has 1 nitrogen and oxygen atoms in total. The summed E-state index contributed by atoms with van der Waals surface area (Å²) in [4.78, 5) is 0. The third kappa shape index (κ3) is 0.731. The van der Waals surface area contributed by atoms with Crippen LogP contribution < -0.4 is 0 Å². The Morgan fingerprint density at radius 1 is 1.60 bits per heavy atom. The number of rotatable bonds is 1. The monoisotopic (exact) mass is 140 g/mol. The molecular weight excluding hydrogens is 124 g/mol. The third-order valence-electron chi connectivity index (χ3n) is 3.70. The summed E-state index contributed by atoms with van der Waals surface area (Å²) in [6, 6.07) is 0. The molecule has 0 aromatic rings. The molecule has 0 aromatic carbocycles. The quantitative estimate of drug-likeness (QED) is 0.589. The van der Waals surface area contributed by atoms with Crippen molar-refractivity contribution in [2.75, 3.05) is 6.61 Å². The molecular formula is C9H16O. The minimum Gasteiger partial charge on any atom is -0.396 e. The molecule has 2 aliphatic carbocycles. The van der Waals surface area contributed by atoms with Crippen LogP contribution in [0, 0.1) is 17.3 Å². The van der Waals surface area contributed by atoms with Crippen molar-refractivity contribution in [2.24, 2.45) is 17.3 Å². The van der Waals surface area contributed by atoms with E-state index in [4.69, 9.17) is 5.11 Å². The zero-order chi connectivity index (χ0) is 7.19. The van der Waals surface area contributed by atoms with Gasteiger partial charge in [-0.25, -0.2) is 0 Å². The van der Waals surface area contributed by atoms with Crippen LogP contribution in [0.2, 0.25) is 0 Å². The molecule has 0 aromatic heterocycles. The Hall–Kier alpha value is -0.0400. The van der Waals surface area contributed by atoms with Crippen LogP contribution in [-0.2, 0) is 0 Å². The van der Waals surface area contributed by atoms with E-state index < -0.39 is 0 Å². The molecule has 1 heteroatoms. The van der Waals surface area contributed by atoms with E-state index in [0.29, 0.717) is 17.9 Å². The van der Waals surface area contributed by atoms with Crippen LogP contribution in [0.5, 0.6) is 0 Å². The Bertz CT molecular complexity index is 144. The van der Waals surface area contributed by atoms with Crippen molar-refractivity contribution in [3.8, 4) is 0 Å². The van der Waals surface area contributed by atoms with E-state index in [1.165, 1.54) is 25.7 Å². The lowest BCUT2D eigenvalue weighted by Gasteiger charge is -2.29. The second-order valence-electron chi connectivity index (χ2n) is 4.38. The van der Waals surface area contributed by atoms with Crippen molar-refractivity contribution in [1.29, 1.82) is 0 Å². The van der Waals surface area contributed by atoms with E-state index in [1.54, 1.807) is 0 Å². The Kier molecular flexibility index (Phi) is 1.31. The van der Waals surface area contributed by atoms with Crippen molar-refractivity contribution >= 4 is 0 Å². The SMILES string of the molecule is C[C@@]12CCC(C[C@@H]1CO)C2. The molecule has 2 fully saturated rings. The zero-order valence-electron chi connectivity index (χ0n) is 6.64. The lowest BCUT2D eigenvalue weighted by atomic mass is 9.77. The first-order chi connectivity index (χ1) is 4.74. The fourth-order valence-corrected chi connectivity index (χ4v) is 2.95. The minimum absolute atomic E-state index is 0.424. The van der Waals surface area contributed by atoms with Crippen LogP contribution in [0.25, 0.3) is 0 Å². The summed E-state index contributed by atoms with van der Waals surface area (Å²) in [7, 11) is 0. The maximum Gasteiger partial charge on any atom is 0.0464 e. The molecule has 0 radical (unpaired) electrons. The van der Waals surface area contributed by atoms with E-state index in [9.17, 15) is 0 Å². The van der Waals surface area contributed by atoms with Crippen LogP contribution in [0.3, 0.4) is 0 Å². The number of aliphatic hydroxyl groups is 1. The van der Waals surface area contributed by atoms with E-state index in [2.05, 4.69) is 6.92 Å². The van der Waals surface area contributed by atoms with Gasteiger partial charge in [0.05, 0.1) is 0 Å². The molecule has 2 rings (SSSR count). The standard InChI is InChI=1S/C9H16O/c1-9-3-2-7(5-9)4-8(9)6-10/h7-8,10H,2-6H2,1H3/t7?,8-,9+/m1/s1. The summed E-state index contributed by atoms with van der Waals surface area (Å²) < 4.78 is 0. The van der Waals surface area contributed by atoms with Gasteiger partial charge in [0.25, 0.3) is 0 Å². The molecule has 0 heterocycles. The van der Waals surface area contributed by atoms with Gasteiger partial charge >= 0.3 is 0 Å². The van der Waals surface area contributed by atoms with Gasteiger partial charge in [0.15, 0.2) is 0 Å². The lowest BCUT2D eigenvalue weighted by molar-refractivity contribution is 0.118. The van der Waals surface area contributed by atoms with Crippen molar-refractivity contribution < 1.29 is 5.11 Å². The Morgan fingerprint density at radius 3 is 2.70 bits per heavy atom. The summed E-state index contributed by atoms with van der Waals surface area (Å²) in [5.74, 6) is 1.59. The Labute approximate surface area is 62.4 Å². The van der Waals surface area contributed by atoms with Crippen molar-refractivity contribution in [2.45, 2.75) is 32.6 Å².